The van der Waals surface area contributed by atoms with E-state index in [-0.39, 0.29) is 31.3 Å². The molecule has 0 unspecified atom stereocenters. The smallest absolute Gasteiger partial charge is 0.311 e. The maximum absolute atomic E-state index is 12.2. The number of nitrogens with zero attached hydrogens (tertiary/aromatic N) is 1. The van der Waals surface area contributed by atoms with Gasteiger partial charge in [-0.25, -0.2) is 0 Å². The molecule has 2 aromatic rings. The molecule has 0 aliphatic carbocycles. The minimum atomic E-state index is -0.590. The van der Waals surface area contributed by atoms with Crippen LogP contribution in [0.15, 0.2) is 48.5 Å². The van der Waals surface area contributed by atoms with Crippen molar-refractivity contribution in [3.8, 4) is 0 Å². The fourth-order valence-corrected chi connectivity index (χ4v) is 3.02. The Morgan fingerprint density at radius 2 is 1.92 bits per heavy atom. The number of amides is 1. The summed E-state index contributed by atoms with van der Waals surface area (Å²) in [7, 11) is 0. The van der Waals surface area contributed by atoms with E-state index in [9.17, 15) is 14.4 Å². The Hall–Kier alpha value is -2.66. The lowest BCUT2D eigenvalue weighted by atomic mass is 10.1. The number of carbonyl (C=O) groups excluding carboxylic acids is 3. The van der Waals surface area contributed by atoms with E-state index in [1.165, 1.54) is 4.90 Å². The van der Waals surface area contributed by atoms with Gasteiger partial charge in [-0.05, 0) is 25.1 Å². The van der Waals surface area contributed by atoms with Gasteiger partial charge in [0.1, 0.15) is 0 Å². The van der Waals surface area contributed by atoms with Gasteiger partial charge < -0.3 is 9.64 Å². The first-order valence-corrected chi connectivity index (χ1v) is 8.64. The monoisotopic (exact) mass is 371 g/mol. The van der Waals surface area contributed by atoms with Crippen molar-refractivity contribution in [2.24, 2.45) is 5.92 Å². The molecule has 6 heteroatoms. The molecule has 134 valence electrons. The quantitative estimate of drug-likeness (QED) is 0.596. The Balaban J connectivity index is 1.58. The Morgan fingerprint density at radius 3 is 2.62 bits per heavy atom. The van der Waals surface area contributed by atoms with E-state index in [1.807, 2.05) is 19.1 Å². The van der Waals surface area contributed by atoms with Crippen molar-refractivity contribution in [2.75, 3.05) is 18.1 Å². The molecule has 0 N–H and O–H groups in total. The Labute approximate surface area is 156 Å². The largest absolute Gasteiger partial charge is 0.457 e. The molecule has 0 aromatic heterocycles. The zero-order chi connectivity index (χ0) is 18.7. The molecule has 5 nitrogen and oxygen atoms in total. The molecule has 3 rings (SSSR count). The number of Topliss-reactive ketones (excluding diaryl/α,β-unsaturated/α-hetero) is 1. The predicted molar refractivity (Wildman–Crippen MR) is 98.4 cm³/mol. The first-order valence-electron chi connectivity index (χ1n) is 8.26. The number of esters is 1. The summed E-state index contributed by atoms with van der Waals surface area (Å²) in [5.74, 6) is -1.57. The lowest BCUT2D eigenvalue weighted by molar-refractivity contribution is -0.147. The van der Waals surface area contributed by atoms with Crippen LogP contribution in [0.5, 0.6) is 0 Å². The summed E-state index contributed by atoms with van der Waals surface area (Å²) in [6, 6.07) is 14.0. The zero-order valence-electron chi connectivity index (χ0n) is 14.3. The number of ether oxygens (including phenoxy) is 1. The SMILES string of the molecule is Cc1ccc(C(=O)COC(=O)[C@@H]2CC(=O)N(c3cccc(Cl)c3)C2)cc1. The van der Waals surface area contributed by atoms with Crippen LogP contribution in [0.3, 0.4) is 0 Å². The first kappa shape index (κ1) is 18.1. The standard InChI is InChI=1S/C20H18ClNO4/c1-13-5-7-14(8-6-13)18(23)12-26-20(25)15-9-19(24)22(11-15)17-4-2-3-16(21)10-17/h2-8,10,15H,9,11-12H2,1H3/t15-/m1/s1. The molecule has 1 heterocycles. The first-order chi connectivity index (χ1) is 12.4. The molecule has 2 aromatic carbocycles. The number of benzene rings is 2. The van der Waals surface area contributed by atoms with E-state index in [2.05, 4.69) is 0 Å². The van der Waals surface area contributed by atoms with Gasteiger partial charge in [0.05, 0.1) is 5.92 Å². The van der Waals surface area contributed by atoms with Gasteiger partial charge in [-0.2, -0.15) is 0 Å². The van der Waals surface area contributed by atoms with Crippen LogP contribution in [-0.2, 0) is 14.3 Å². The van der Waals surface area contributed by atoms with Gasteiger partial charge in [0.2, 0.25) is 5.91 Å². The topological polar surface area (TPSA) is 63.7 Å². The van der Waals surface area contributed by atoms with Gasteiger partial charge in [-0.15, -0.1) is 0 Å². The van der Waals surface area contributed by atoms with Gasteiger partial charge in [0.25, 0.3) is 0 Å². The number of ketones is 1. The van der Waals surface area contributed by atoms with Crippen LogP contribution in [0.2, 0.25) is 5.02 Å². The molecule has 1 fully saturated rings. The van der Waals surface area contributed by atoms with E-state index in [4.69, 9.17) is 16.3 Å². The van der Waals surface area contributed by atoms with E-state index in [0.29, 0.717) is 16.3 Å². The fraction of sp³-hybridized carbons (Fsp3) is 0.250. The third-order valence-corrected chi connectivity index (χ3v) is 4.53. The Bertz CT molecular complexity index is 847. The van der Waals surface area contributed by atoms with Gasteiger partial charge in [0, 0.05) is 29.2 Å². The zero-order valence-corrected chi connectivity index (χ0v) is 15.0. The molecule has 0 bridgehead atoms. The maximum atomic E-state index is 12.2. The van der Waals surface area contributed by atoms with Crippen LogP contribution >= 0.6 is 11.6 Å². The van der Waals surface area contributed by atoms with Gasteiger partial charge in [-0.1, -0.05) is 47.5 Å². The van der Waals surface area contributed by atoms with Gasteiger partial charge in [0.15, 0.2) is 12.4 Å². The average Bonchev–Trinajstić information content (AvgIpc) is 3.02. The number of hydrogen-bond donors (Lipinski definition) is 0. The third-order valence-electron chi connectivity index (χ3n) is 4.30. The highest BCUT2D eigenvalue weighted by Crippen LogP contribution is 2.27. The number of hydrogen-bond acceptors (Lipinski definition) is 4. The number of anilines is 1. The second kappa shape index (κ2) is 7.70. The number of carbonyl (C=O) groups is 3. The molecule has 1 aliphatic heterocycles. The third kappa shape index (κ3) is 4.11. The molecule has 0 saturated carbocycles. The Morgan fingerprint density at radius 1 is 1.19 bits per heavy atom. The summed E-state index contributed by atoms with van der Waals surface area (Å²) in [6.45, 7) is 1.82. The summed E-state index contributed by atoms with van der Waals surface area (Å²) < 4.78 is 5.14. The average molecular weight is 372 g/mol. The molecule has 1 amide bonds. The highest BCUT2D eigenvalue weighted by molar-refractivity contribution is 6.31. The van der Waals surface area contributed by atoms with E-state index < -0.39 is 11.9 Å². The fourth-order valence-electron chi connectivity index (χ4n) is 2.84. The van der Waals surface area contributed by atoms with Crippen LogP contribution < -0.4 is 4.90 Å². The summed E-state index contributed by atoms with van der Waals surface area (Å²) in [4.78, 5) is 38.1. The van der Waals surface area contributed by atoms with Gasteiger partial charge in [-0.3, -0.25) is 14.4 Å². The predicted octanol–water partition coefficient (Wildman–Crippen LogP) is 3.43. The van der Waals surface area contributed by atoms with Crippen molar-refractivity contribution >= 4 is 34.9 Å². The van der Waals surface area contributed by atoms with Crippen LogP contribution in [0.25, 0.3) is 0 Å². The van der Waals surface area contributed by atoms with Crippen molar-refractivity contribution in [3.05, 3.63) is 64.7 Å². The van der Waals surface area contributed by atoms with E-state index in [1.54, 1.807) is 36.4 Å². The van der Waals surface area contributed by atoms with Crippen molar-refractivity contribution in [1.29, 1.82) is 0 Å². The summed E-state index contributed by atoms with van der Waals surface area (Å²) in [6.07, 6.45) is 0.0596. The molecule has 26 heavy (non-hydrogen) atoms. The number of aryl methyl sites for hydroxylation is 1. The van der Waals surface area contributed by atoms with Crippen molar-refractivity contribution in [2.45, 2.75) is 13.3 Å². The molecule has 0 spiro atoms. The summed E-state index contributed by atoms with van der Waals surface area (Å²) in [5.41, 5.74) is 2.18. The molecule has 1 atom stereocenters. The summed E-state index contributed by atoms with van der Waals surface area (Å²) >= 11 is 5.96. The minimum Gasteiger partial charge on any atom is -0.457 e. The molecule has 0 radical (unpaired) electrons. The number of halogens is 1. The Kier molecular flexibility index (Phi) is 5.38. The molecule has 1 aliphatic rings. The second-order valence-electron chi connectivity index (χ2n) is 6.28. The highest BCUT2D eigenvalue weighted by Gasteiger charge is 2.36. The second-order valence-corrected chi connectivity index (χ2v) is 6.72. The van der Waals surface area contributed by atoms with Crippen LogP contribution in [0.1, 0.15) is 22.3 Å². The maximum Gasteiger partial charge on any atom is 0.311 e. The van der Waals surface area contributed by atoms with Crippen LogP contribution in [0.4, 0.5) is 5.69 Å². The van der Waals surface area contributed by atoms with Crippen molar-refractivity contribution in [1.82, 2.24) is 0 Å². The lowest BCUT2D eigenvalue weighted by Gasteiger charge is -2.16. The van der Waals surface area contributed by atoms with Crippen molar-refractivity contribution < 1.29 is 19.1 Å². The van der Waals surface area contributed by atoms with E-state index in [0.717, 1.165) is 5.56 Å². The number of rotatable bonds is 5. The highest BCUT2D eigenvalue weighted by atomic mass is 35.5. The minimum absolute atomic E-state index is 0.0596. The summed E-state index contributed by atoms with van der Waals surface area (Å²) in [5, 5.41) is 0.519. The molecule has 1 saturated heterocycles. The molecular weight excluding hydrogens is 354 g/mol. The van der Waals surface area contributed by atoms with Crippen molar-refractivity contribution in [3.63, 3.8) is 0 Å². The molecular formula is C20H18ClNO4. The van der Waals surface area contributed by atoms with E-state index >= 15 is 0 Å². The van der Waals surface area contributed by atoms with Crippen LogP contribution in [0, 0.1) is 12.8 Å². The normalized spacial score (nSPS) is 16.6. The lowest BCUT2D eigenvalue weighted by Crippen LogP contribution is -2.27. The van der Waals surface area contributed by atoms with Crippen LogP contribution in [-0.4, -0.2) is 30.8 Å². The van der Waals surface area contributed by atoms with Gasteiger partial charge >= 0.3 is 5.97 Å².